The van der Waals surface area contributed by atoms with Gasteiger partial charge in [0.1, 0.15) is 18.2 Å². The van der Waals surface area contributed by atoms with Crippen molar-refractivity contribution in [3.05, 3.63) is 46.0 Å². The van der Waals surface area contributed by atoms with Crippen LogP contribution in [0.15, 0.2) is 29.1 Å². The normalized spacial score (nSPS) is 17.0. The van der Waals surface area contributed by atoms with Crippen molar-refractivity contribution in [2.75, 3.05) is 23.9 Å². The lowest BCUT2D eigenvalue weighted by molar-refractivity contribution is 0.178. The molecule has 4 rings (SSSR count). The summed E-state index contributed by atoms with van der Waals surface area (Å²) < 4.78 is 10.4. The van der Waals surface area contributed by atoms with Crippen molar-refractivity contribution in [3.8, 4) is 5.75 Å². The molecule has 162 valence electrons. The molecule has 0 saturated carbocycles. The van der Waals surface area contributed by atoms with Gasteiger partial charge in [0, 0.05) is 16.5 Å². The largest absolute Gasteiger partial charge is 0.497 e. The monoisotopic (exact) mass is 424 g/mol. The summed E-state index contributed by atoms with van der Waals surface area (Å²) in [5.41, 5.74) is 1.03. The number of ether oxygens (including phenoxy) is 2. The van der Waals surface area contributed by atoms with Crippen LogP contribution in [0.25, 0.3) is 10.9 Å². The number of nitrogens with one attached hydrogen (secondary N) is 2. The maximum Gasteiger partial charge on any atom is 0.417 e. The molecule has 2 N–H and O–H groups in total. The van der Waals surface area contributed by atoms with Crippen LogP contribution in [0.5, 0.6) is 5.75 Å². The summed E-state index contributed by atoms with van der Waals surface area (Å²) >= 11 is 0. The van der Waals surface area contributed by atoms with E-state index in [0.29, 0.717) is 30.2 Å². The molecule has 1 saturated heterocycles. The Bertz CT molecular complexity index is 1190. The molecule has 0 aliphatic carbocycles. The lowest BCUT2D eigenvalue weighted by Gasteiger charge is -2.20. The van der Waals surface area contributed by atoms with Gasteiger partial charge in [0.2, 0.25) is 11.9 Å². The molecule has 31 heavy (non-hydrogen) atoms. The Morgan fingerprint density at radius 2 is 2.10 bits per heavy atom. The Morgan fingerprint density at radius 1 is 1.29 bits per heavy atom. The number of nitrogens with zero attached hydrogens (tertiary/aromatic N) is 4. The predicted molar refractivity (Wildman–Crippen MR) is 116 cm³/mol. The molecule has 1 aromatic carbocycles. The van der Waals surface area contributed by atoms with Gasteiger partial charge in [-0.05, 0) is 44.5 Å². The zero-order valence-corrected chi connectivity index (χ0v) is 17.8. The van der Waals surface area contributed by atoms with E-state index in [1.807, 2.05) is 26.0 Å². The minimum absolute atomic E-state index is 0.127. The van der Waals surface area contributed by atoms with E-state index in [1.165, 1.54) is 4.90 Å². The van der Waals surface area contributed by atoms with Gasteiger partial charge in [-0.15, -0.1) is 0 Å². The topological polar surface area (TPSA) is 122 Å². The highest BCUT2D eigenvalue weighted by molar-refractivity contribution is 5.88. The SMILES string of the molecule is CC[C@H]1COC(=O)N1c1nc(C)nc(N[C@@H](C)c2cc3cc(OC)ccc3[nH]c2=O)n1. The number of carbonyl (C=O) groups excluding carboxylic acids is 1. The Kier molecular flexibility index (Phi) is 5.45. The molecule has 1 fully saturated rings. The highest BCUT2D eigenvalue weighted by atomic mass is 16.6. The second-order valence-corrected chi connectivity index (χ2v) is 7.39. The Labute approximate surface area is 178 Å². The van der Waals surface area contributed by atoms with Gasteiger partial charge in [-0.25, -0.2) is 9.69 Å². The van der Waals surface area contributed by atoms with E-state index in [1.54, 1.807) is 26.2 Å². The number of methoxy groups -OCH3 is 1. The number of anilines is 2. The number of cyclic esters (lactones) is 1. The van der Waals surface area contributed by atoms with Crippen molar-refractivity contribution in [1.29, 1.82) is 0 Å². The van der Waals surface area contributed by atoms with Crippen molar-refractivity contribution in [2.24, 2.45) is 0 Å². The Hall–Kier alpha value is -3.69. The average molecular weight is 424 g/mol. The molecule has 2 aromatic heterocycles. The number of benzene rings is 1. The van der Waals surface area contributed by atoms with Gasteiger partial charge < -0.3 is 19.8 Å². The minimum Gasteiger partial charge on any atom is -0.497 e. The van der Waals surface area contributed by atoms with Crippen molar-refractivity contribution >= 4 is 28.9 Å². The molecule has 0 bridgehead atoms. The number of aryl methyl sites for hydroxylation is 1. The number of H-pyrrole nitrogens is 1. The first-order valence-corrected chi connectivity index (χ1v) is 10.1. The molecule has 3 aromatic rings. The fraction of sp³-hybridized carbons (Fsp3) is 0.381. The van der Waals surface area contributed by atoms with Gasteiger partial charge >= 0.3 is 6.09 Å². The highest BCUT2D eigenvalue weighted by Gasteiger charge is 2.35. The van der Waals surface area contributed by atoms with Gasteiger partial charge in [-0.1, -0.05) is 6.92 Å². The molecule has 1 aliphatic heterocycles. The lowest BCUT2D eigenvalue weighted by Crippen LogP contribution is -2.35. The van der Waals surface area contributed by atoms with Crippen LogP contribution in [0.2, 0.25) is 0 Å². The third kappa shape index (κ3) is 4.00. The summed E-state index contributed by atoms with van der Waals surface area (Å²) in [6.45, 7) is 5.83. The lowest BCUT2D eigenvalue weighted by atomic mass is 10.1. The van der Waals surface area contributed by atoms with Crippen LogP contribution in [0.3, 0.4) is 0 Å². The molecule has 0 spiro atoms. The van der Waals surface area contributed by atoms with Crippen molar-refractivity contribution in [2.45, 2.75) is 39.3 Å². The van der Waals surface area contributed by atoms with E-state index in [2.05, 4.69) is 25.3 Å². The second-order valence-electron chi connectivity index (χ2n) is 7.39. The first kappa shape index (κ1) is 20.6. The average Bonchev–Trinajstić information content (AvgIpc) is 3.13. The minimum atomic E-state index is -0.476. The summed E-state index contributed by atoms with van der Waals surface area (Å²) in [4.78, 5) is 42.2. The summed E-state index contributed by atoms with van der Waals surface area (Å²) in [6, 6.07) is 6.74. The molecular weight excluding hydrogens is 400 g/mol. The number of rotatable bonds is 6. The first-order valence-electron chi connectivity index (χ1n) is 10.1. The van der Waals surface area contributed by atoms with Gasteiger partial charge in [-0.2, -0.15) is 15.0 Å². The van der Waals surface area contributed by atoms with Crippen LogP contribution in [-0.2, 0) is 4.74 Å². The highest BCUT2D eigenvalue weighted by Crippen LogP contribution is 2.24. The van der Waals surface area contributed by atoms with Crippen molar-refractivity contribution in [1.82, 2.24) is 19.9 Å². The smallest absolute Gasteiger partial charge is 0.417 e. The summed E-state index contributed by atoms with van der Waals surface area (Å²) in [7, 11) is 1.60. The van der Waals surface area contributed by atoms with Crippen LogP contribution < -0.4 is 20.5 Å². The number of amides is 1. The van der Waals surface area contributed by atoms with Gasteiger partial charge in [0.15, 0.2) is 0 Å². The second kappa shape index (κ2) is 8.21. The van der Waals surface area contributed by atoms with Crippen LogP contribution in [0, 0.1) is 6.92 Å². The molecule has 3 heterocycles. The van der Waals surface area contributed by atoms with E-state index in [9.17, 15) is 9.59 Å². The van der Waals surface area contributed by atoms with Crippen LogP contribution in [0.1, 0.15) is 37.7 Å². The zero-order valence-electron chi connectivity index (χ0n) is 17.8. The quantitative estimate of drug-likeness (QED) is 0.619. The third-order valence-corrected chi connectivity index (χ3v) is 5.28. The van der Waals surface area contributed by atoms with Gasteiger partial charge in [0.25, 0.3) is 5.56 Å². The third-order valence-electron chi connectivity index (χ3n) is 5.28. The Balaban J connectivity index is 1.65. The zero-order chi connectivity index (χ0) is 22.1. The standard InChI is InChI=1S/C21H24N6O4/c1-5-14-10-31-21(29)27(14)20-24-12(3)23-19(26-20)22-11(2)16-9-13-8-15(30-4)6-7-17(13)25-18(16)28/h6-9,11,14H,5,10H2,1-4H3,(H,25,28)(H,22,23,24,26)/t11-,14-/m0/s1. The van der Waals surface area contributed by atoms with E-state index >= 15 is 0 Å². The van der Waals surface area contributed by atoms with Gasteiger partial charge in [-0.3, -0.25) is 4.79 Å². The number of hydrogen-bond acceptors (Lipinski definition) is 8. The molecule has 2 atom stereocenters. The van der Waals surface area contributed by atoms with E-state index in [4.69, 9.17) is 9.47 Å². The molecular formula is C21H24N6O4. The molecule has 10 nitrogen and oxygen atoms in total. The van der Waals surface area contributed by atoms with Crippen LogP contribution >= 0.6 is 0 Å². The number of aromatic amines is 1. The fourth-order valence-corrected chi connectivity index (χ4v) is 3.57. The predicted octanol–water partition coefficient (Wildman–Crippen LogP) is 2.94. The molecule has 10 heteroatoms. The first-order chi connectivity index (χ1) is 14.9. The number of pyridine rings is 1. The fourth-order valence-electron chi connectivity index (χ4n) is 3.57. The number of aromatic nitrogens is 4. The number of hydrogen-bond donors (Lipinski definition) is 2. The number of fused-ring (bicyclic) bond motifs is 1. The molecule has 1 amide bonds. The van der Waals surface area contributed by atoms with Gasteiger partial charge in [0.05, 0.1) is 19.2 Å². The summed E-state index contributed by atoms with van der Waals surface area (Å²) in [6.07, 6.45) is 0.238. The molecule has 0 unspecified atom stereocenters. The van der Waals surface area contributed by atoms with E-state index in [-0.39, 0.29) is 23.5 Å². The molecule has 0 radical (unpaired) electrons. The Morgan fingerprint density at radius 3 is 2.84 bits per heavy atom. The summed E-state index contributed by atoms with van der Waals surface area (Å²) in [5, 5.41) is 4.00. The summed E-state index contributed by atoms with van der Waals surface area (Å²) in [5.74, 6) is 1.65. The van der Waals surface area contributed by atoms with Crippen molar-refractivity contribution < 1.29 is 14.3 Å². The van der Waals surface area contributed by atoms with Crippen LogP contribution in [0.4, 0.5) is 16.7 Å². The maximum atomic E-state index is 12.6. The van der Waals surface area contributed by atoms with Crippen molar-refractivity contribution in [3.63, 3.8) is 0 Å². The van der Waals surface area contributed by atoms with E-state index in [0.717, 1.165) is 10.9 Å². The van der Waals surface area contributed by atoms with E-state index < -0.39 is 12.1 Å². The maximum absolute atomic E-state index is 12.6. The van der Waals surface area contributed by atoms with Crippen LogP contribution in [-0.4, -0.2) is 45.8 Å². The molecule has 1 aliphatic rings. The number of carbonyl (C=O) groups is 1.